The Balaban J connectivity index is 3.74. The van der Waals surface area contributed by atoms with Crippen LogP contribution in [0.15, 0.2) is 18.2 Å². The summed E-state index contributed by atoms with van der Waals surface area (Å²) in [6.45, 7) is 0. The second-order valence-electron chi connectivity index (χ2n) is 4.45. The van der Waals surface area contributed by atoms with Gasteiger partial charge in [0, 0.05) is 14.7 Å². The molecule has 0 N–H and O–H groups in total. The Morgan fingerprint density at radius 1 is 0.542 bits per heavy atom. The molecule has 0 aliphatic heterocycles. The Morgan fingerprint density at radius 2 is 0.917 bits per heavy atom. The topological polar surface area (TPSA) is 0 Å². The van der Waals surface area contributed by atoms with Crippen LogP contribution in [0.25, 0.3) is 0 Å². The van der Waals surface area contributed by atoms with E-state index in [0.29, 0.717) is 0 Å². The lowest BCUT2D eigenvalue weighted by Crippen LogP contribution is -2.50. The lowest BCUT2D eigenvalue weighted by atomic mass is 9.91. The highest BCUT2D eigenvalue weighted by Gasteiger charge is 2.74. The van der Waals surface area contributed by atoms with Crippen molar-refractivity contribution in [2.45, 2.75) is 30.1 Å². The second kappa shape index (κ2) is 5.83. The number of hydrogen-bond donors (Lipinski definition) is 0. The van der Waals surface area contributed by atoms with Crippen molar-refractivity contribution in [1.29, 1.82) is 0 Å². The van der Waals surface area contributed by atoms with E-state index in [-0.39, 0.29) is 12.1 Å². The number of benzene rings is 1. The summed E-state index contributed by atoms with van der Waals surface area (Å²) in [7, 11) is 0. The van der Waals surface area contributed by atoms with Crippen molar-refractivity contribution in [2.75, 3.05) is 0 Å². The van der Waals surface area contributed by atoms with E-state index >= 15 is 0 Å². The average Bonchev–Trinajstić information content (AvgIpc) is 2.32. The molecule has 1 aromatic carbocycles. The molecular weight excluding hydrogens is 487 g/mol. The normalized spacial score (nSPS) is 14.9. The van der Waals surface area contributed by atoms with Crippen LogP contribution in [0.3, 0.4) is 0 Å². The molecular formula is C11H3F12I. The number of halogens is 13. The Morgan fingerprint density at radius 3 is 1.25 bits per heavy atom. The minimum atomic E-state index is -6.64. The van der Waals surface area contributed by atoms with E-state index in [1.165, 1.54) is 0 Å². The molecule has 0 saturated carbocycles. The predicted molar refractivity (Wildman–Crippen MR) is 64.0 cm³/mol. The van der Waals surface area contributed by atoms with Crippen LogP contribution in [0, 0.1) is 3.57 Å². The van der Waals surface area contributed by atoms with Gasteiger partial charge < -0.3 is 0 Å². The highest BCUT2D eigenvalue weighted by molar-refractivity contribution is 14.1. The van der Waals surface area contributed by atoms with Crippen molar-refractivity contribution in [2.24, 2.45) is 0 Å². The van der Waals surface area contributed by atoms with Crippen LogP contribution >= 0.6 is 22.6 Å². The Hall–Kier alpha value is -0.890. The molecule has 0 aliphatic carbocycles. The Labute approximate surface area is 139 Å². The third-order valence-electron chi connectivity index (χ3n) is 2.80. The van der Waals surface area contributed by atoms with E-state index < -0.39 is 50.9 Å². The lowest BCUT2D eigenvalue weighted by molar-refractivity contribution is -0.348. The first-order valence-electron chi connectivity index (χ1n) is 5.44. The molecule has 0 aromatic heterocycles. The maximum absolute atomic E-state index is 13.8. The molecule has 0 unspecified atom stereocenters. The van der Waals surface area contributed by atoms with E-state index in [1.807, 2.05) is 0 Å². The third-order valence-corrected chi connectivity index (χ3v) is 3.42. The van der Waals surface area contributed by atoms with Gasteiger partial charge in [0.25, 0.3) is 0 Å². The van der Waals surface area contributed by atoms with Gasteiger partial charge in [-0.2, -0.15) is 48.3 Å². The standard InChI is InChI=1S/C11H3F12I/c12-7(9(15,16)17,10(18,19)20)4-1-5(3-6(24)2-4)8(13,14)11(21,22)23/h1-3H. The van der Waals surface area contributed by atoms with Gasteiger partial charge >= 0.3 is 30.1 Å². The SMILES string of the molecule is FC(F)(F)C(F)(F)c1cc(I)cc(C(F)(C(F)(F)F)C(F)(F)F)c1. The smallest absolute Gasteiger partial charge is 0.218 e. The molecule has 0 aliphatic rings. The minimum absolute atomic E-state index is 0.00468. The molecule has 24 heavy (non-hydrogen) atoms. The van der Waals surface area contributed by atoms with Crippen LogP contribution in [-0.2, 0) is 11.6 Å². The summed E-state index contributed by atoms with van der Waals surface area (Å²) >= 11 is 0.894. The zero-order valence-corrected chi connectivity index (χ0v) is 12.8. The lowest BCUT2D eigenvalue weighted by Gasteiger charge is -2.31. The van der Waals surface area contributed by atoms with E-state index in [9.17, 15) is 52.7 Å². The average molecular weight is 490 g/mol. The number of alkyl halides is 12. The molecule has 0 radical (unpaired) electrons. The number of hydrogen-bond acceptors (Lipinski definition) is 0. The minimum Gasteiger partial charge on any atom is -0.218 e. The molecule has 0 atom stereocenters. The van der Waals surface area contributed by atoms with Crippen molar-refractivity contribution in [3.05, 3.63) is 32.9 Å². The van der Waals surface area contributed by atoms with Gasteiger partial charge in [-0.1, -0.05) is 0 Å². The van der Waals surface area contributed by atoms with Crippen molar-refractivity contribution in [1.82, 2.24) is 0 Å². The van der Waals surface area contributed by atoms with Crippen LogP contribution in [0.5, 0.6) is 0 Å². The molecule has 0 heterocycles. The summed E-state index contributed by atoms with van der Waals surface area (Å²) in [5.74, 6) is -5.78. The van der Waals surface area contributed by atoms with Gasteiger partial charge in [-0.05, 0) is 40.8 Å². The van der Waals surface area contributed by atoms with Gasteiger partial charge in [0.2, 0.25) is 0 Å². The van der Waals surface area contributed by atoms with Crippen LogP contribution in [-0.4, -0.2) is 18.5 Å². The van der Waals surface area contributed by atoms with Crippen molar-refractivity contribution in [3.8, 4) is 0 Å². The molecule has 13 heteroatoms. The third kappa shape index (κ3) is 3.40. The van der Waals surface area contributed by atoms with Gasteiger partial charge in [-0.3, -0.25) is 0 Å². The fraction of sp³-hybridized carbons (Fsp3) is 0.455. The predicted octanol–water partition coefficient (Wildman–Crippen LogP) is 6.23. The molecule has 0 fully saturated rings. The first-order valence-corrected chi connectivity index (χ1v) is 6.52. The summed E-state index contributed by atoms with van der Waals surface area (Å²) in [6, 6.07) is -0.904. The first kappa shape index (κ1) is 21.2. The molecule has 138 valence electrons. The van der Waals surface area contributed by atoms with Gasteiger partial charge in [-0.15, -0.1) is 0 Å². The monoisotopic (exact) mass is 490 g/mol. The zero-order chi connectivity index (χ0) is 19.4. The Bertz CT molecular complexity index is 595. The molecule has 0 amide bonds. The number of rotatable bonds is 2. The van der Waals surface area contributed by atoms with Crippen molar-refractivity contribution in [3.63, 3.8) is 0 Å². The highest BCUT2D eigenvalue weighted by Crippen LogP contribution is 2.54. The quantitative estimate of drug-likeness (QED) is 0.341. The van der Waals surface area contributed by atoms with Crippen LogP contribution in [0.1, 0.15) is 11.1 Å². The molecule has 0 saturated heterocycles. The van der Waals surface area contributed by atoms with Crippen LogP contribution < -0.4 is 0 Å². The zero-order valence-electron chi connectivity index (χ0n) is 10.6. The van der Waals surface area contributed by atoms with E-state index in [1.54, 1.807) is 0 Å². The summed E-state index contributed by atoms with van der Waals surface area (Å²) in [5, 5.41) is 0. The van der Waals surface area contributed by atoms with E-state index in [4.69, 9.17) is 0 Å². The van der Waals surface area contributed by atoms with Gasteiger partial charge in [0.05, 0.1) is 0 Å². The van der Waals surface area contributed by atoms with Crippen LogP contribution in [0.4, 0.5) is 52.7 Å². The van der Waals surface area contributed by atoms with Crippen molar-refractivity contribution >= 4 is 22.6 Å². The first-order chi connectivity index (χ1) is 10.4. The molecule has 1 aromatic rings. The van der Waals surface area contributed by atoms with Gasteiger partial charge in [0.1, 0.15) is 0 Å². The van der Waals surface area contributed by atoms with E-state index in [2.05, 4.69) is 0 Å². The van der Waals surface area contributed by atoms with Crippen LogP contribution in [0.2, 0.25) is 0 Å². The maximum atomic E-state index is 13.8. The van der Waals surface area contributed by atoms with E-state index in [0.717, 1.165) is 22.6 Å². The summed E-state index contributed by atoms with van der Waals surface area (Å²) in [4.78, 5) is 0. The largest absolute Gasteiger partial charge is 0.458 e. The molecule has 0 nitrogen and oxygen atoms in total. The summed E-state index contributed by atoms with van der Waals surface area (Å²) in [5.41, 5.74) is -10.8. The summed E-state index contributed by atoms with van der Waals surface area (Å²) in [6.07, 6.45) is -19.6. The molecule has 1 rings (SSSR count). The highest BCUT2D eigenvalue weighted by atomic mass is 127. The fourth-order valence-electron chi connectivity index (χ4n) is 1.62. The summed E-state index contributed by atoms with van der Waals surface area (Å²) < 4.78 is 152. The second-order valence-corrected chi connectivity index (χ2v) is 5.70. The fourth-order valence-corrected chi connectivity index (χ4v) is 2.29. The molecule has 0 bridgehead atoms. The Kier molecular flexibility index (Phi) is 5.14. The molecule has 0 spiro atoms. The maximum Gasteiger partial charge on any atom is 0.458 e. The van der Waals surface area contributed by atoms with Gasteiger partial charge in [0.15, 0.2) is 0 Å². The van der Waals surface area contributed by atoms with Crippen molar-refractivity contribution < 1.29 is 52.7 Å². The van der Waals surface area contributed by atoms with Gasteiger partial charge in [-0.25, -0.2) is 4.39 Å².